The third-order valence-electron chi connectivity index (χ3n) is 6.11. The third-order valence-corrected chi connectivity index (χ3v) is 6.11. The second-order valence-corrected chi connectivity index (χ2v) is 9.78. The number of amides is 6. The second kappa shape index (κ2) is 13.0. The summed E-state index contributed by atoms with van der Waals surface area (Å²) in [5, 5.41) is 21.4. The van der Waals surface area contributed by atoms with Gasteiger partial charge in [-0.3, -0.25) is 33.6 Å². The van der Waals surface area contributed by atoms with E-state index in [1.807, 2.05) is 13.8 Å². The molecule has 0 radical (unpaired) electrons. The number of carbonyl (C=O) groups excluding carboxylic acids is 6. The molecule has 2 saturated heterocycles. The first-order valence-corrected chi connectivity index (χ1v) is 12.3. The fourth-order valence-electron chi connectivity index (χ4n) is 4.23. The lowest BCUT2D eigenvalue weighted by Gasteiger charge is -2.29. The molecule has 6 N–H and O–H groups in total. The van der Waals surface area contributed by atoms with Crippen molar-refractivity contribution in [3.63, 3.8) is 0 Å². The first kappa shape index (κ1) is 29.5. The Morgan fingerprint density at radius 3 is 2.16 bits per heavy atom. The predicted molar refractivity (Wildman–Crippen MR) is 129 cm³/mol. The standard InChI is InChI=1S/C23H36N6O8/c1-11(2)8-14-21(35)28-15(9-18(31)32)20(34)24-10-17(30)25-13(4)23(37)29-7-5-6-16(29)22(36)26-12(3)19(33)27-14/h11-16H,5-10H2,1-4H3,(H,24,34)(H,25,30)(H,26,36)(H,27,33)(H,28,35)(H,31,32)/t12-,13-,14-,15-,16+/m0/s1. The van der Waals surface area contributed by atoms with Gasteiger partial charge < -0.3 is 36.6 Å². The Morgan fingerprint density at radius 1 is 0.892 bits per heavy atom. The largest absolute Gasteiger partial charge is 0.481 e. The van der Waals surface area contributed by atoms with Gasteiger partial charge in [-0.05, 0) is 39.0 Å². The van der Waals surface area contributed by atoms with Crippen LogP contribution in [0, 0.1) is 5.92 Å². The molecule has 0 unspecified atom stereocenters. The number of fused-ring (bicyclic) bond motifs is 1. The summed E-state index contributed by atoms with van der Waals surface area (Å²) in [6, 6.07) is -5.54. The maximum atomic E-state index is 13.0. The van der Waals surface area contributed by atoms with Crippen molar-refractivity contribution in [2.75, 3.05) is 13.1 Å². The normalized spacial score (nSPS) is 28.8. The van der Waals surface area contributed by atoms with Crippen molar-refractivity contribution < 1.29 is 38.7 Å². The molecule has 2 aliphatic rings. The molecule has 0 aromatic rings. The van der Waals surface area contributed by atoms with Gasteiger partial charge >= 0.3 is 5.97 Å². The van der Waals surface area contributed by atoms with Crippen LogP contribution >= 0.6 is 0 Å². The van der Waals surface area contributed by atoms with Gasteiger partial charge in [-0.15, -0.1) is 0 Å². The van der Waals surface area contributed by atoms with E-state index in [9.17, 15) is 38.7 Å². The maximum Gasteiger partial charge on any atom is 0.305 e. The van der Waals surface area contributed by atoms with E-state index in [2.05, 4.69) is 26.6 Å². The minimum Gasteiger partial charge on any atom is -0.481 e. The highest BCUT2D eigenvalue weighted by atomic mass is 16.4. The SMILES string of the molecule is CC(C)C[C@@H]1NC(=O)[C@H](C)NC(=O)[C@H]2CCCN2C(=O)[C@H](C)NC(=O)CNC(=O)[C@H](CC(=O)O)NC1=O. The molecule has 0 spiro atoms. The number of rotatable bonds is 4. The predicted octanol–water partition coefficient (Wildman–Crippen LogP) is -2.39. The Morgan fingerprint density at radius 2 is 1.54 bits per heavy atom. The van der Waals surface area contributed by atoms with Gasteiger partial charge in [0.2, 0.25) is 35.4 Å². The van der Waals surface area contributed by atoms with E-state index in [0.717, 1.165) is 0 Å². The lowest BCUT2D eigenvalue weighted by Crippen LogP contribution is -2.59. The van der Waals surface area contributed by atoms with Crippen LogP contribution in [0.3, 0.4) is 0 Å². The van der Waals surface area contributed by atoms with Crippen molar-refractivity contribution in [1.29, 1.82) is 0 Å². The van der Waals surface area contributed by atoms with Gasteiger partial charge in [0.25, 0.3) is 0 Å². The molecule has 0 aromatic heterocycles. The van der Waals surface area contributed by atoms with Crippen LogP contribution in [0.5, 0.6) is 0 Å². The van der Waals surface area contributed by atoms with Gasteiger partial charge in [0.05, 0.1) is 13.0 Å². The molecule has 14 nitrogen and oxygen atoms in total. The maximum absolute atomic E-state index is 13.0. The average Bonchev–Trinajstić information content (AvgIpc) is 3.29. The zero-order valence-electron chi connectivity index (χ0n) is 21.5. The fraction of sp³-hybridized carbons (Fsp3) is 0.696. The van der Waals surface area contributed by atoms with Crippen LogP contribution < -0.4 is 26.6 Å². The molecule has 14 heteroatoms. The summed E-state index contributed by atoms with van der Waals surface area (Å²) >= 11 is 0. The fourth-order valence-corrected chi connectivity index (χ4v) is 4.23. The Bertz CT molecular complexity index is 938. The summed E-state index contributed by atoms with van der Waals surface area (Å²) in [5.74, 6) is -5.54. The van der Waals surface area contributed by atoms with Crippen LogP contribution in [0.25, 0.3) is 0 Å². The summed E-state index contributed by atoms with van der Waals surface area (Å²) in [7, 11) is 0. The number of hydrogen-bond donors (Lipinski definition) is 6. The number of carboxylic acids is 1. The van der Waals surface area contributed by atoms with Crippen LogP contribution in [0.2, 0.25) is 0 Å². The van der Waals surface area contributed by atoms with Gasteiger partial charge in [0.1, 0.15) is 30.2 Å². The molecule has 0 saturated carbocycles. The molecule has 6 amide bonds. The minimum absolute atomic E-state index is 0.0608. The lowest BCUT2D eigenvalue weighted by molar-refractivity contribution is -0.142. The van der Waals surface area contributed by atoms with Gasteiger partial charge in [-0.1, -0.05) is 13.8 Å². The van der Waals surface area contributed by atoms with E-state index in [0.29, 0.717) is 19.4 Å². The highest BCUT2D eigenvalue weighted by Gasteiger charge is 2.38. The molecule has 0 aliphatic carbocycles. The summed E-state index contributed by atoms with van der Waals surface area (Å²) < 4.78 is 0. The molecule has 0 bridgehead atoms. The van der Waals surface area contributed by atoms with E-state index in [-0.39, 0.29) is 12.3 Å². The van der Waals surface area contributed by atoms with E-state index in [4.69, 9.17) is 0 Å². The van der Waals surface area contributed by atoms with Crippen molar-refractivity contribution in [2.45, 2.75) is 83.6 Å². The smallest absolute Gasteiger partial charge is 0.305 e. The first-order valence-electron chi connectivity index (χ1n) is 12.3. The number of carboxylic acid groups (broad SMARTS) is 1. The minimum atomic E-state index is -1.52. The van der Waals surface area contributed by atoms with E-state index in [1.54, 1.807) is 0 Å². The van der Waals surface area contributed by atoms with Crippen molar-refractivity contribution in [1.82, 2.24) is 31.5 Å². The van der Waals surface area contributed by atoms with Gasteiger partial charge in [0, 0.05) is 6.54 Å². The third kappa shape index (κ3) is 8.43. The molecular formula is C23H36N6O8. The number of nitrogens with one attached hydrogen (secondary N) is 5. The van der Waals surface area contributed by atoms with Crippen molar-refractivity contribution >= 4 is 41.4 Å². The number of nitrogens with zero attached hydrogens (tertiary/aromatic N) is 1. The van der Waals surface area contributed by atoms with Crippen LogP contribution in [-0.4, -0.2) is 94.7 Å². The first-order chi connectivity index (χ1) is 17.3. The zero-order chi connectivity index (χ0) is 27.9. The average molecular weight is 525 g/mol. The molecule has 206 valence electrons. The molecule has 2 rings (SSSR count). The van der Waals surface area contributed by atoms with Crippen molar-refractivity contribution in [3.8, 4) is 0 Å². The summed E-state index contributed by atoms with van der Waals surface area (Å²) in [6.45, 7) is 6.20. The number of aliphatic carboxylic acids is 1. The van der Waals surface area contributed by atoms with Crippen LogP contribution in [0.15, 0.2) is 0 Å². The van der Waals surface area contributed by atoms with Crippen LogP contribution in [0.4, 0.5) is 0 Å². The number of hydrogen-bond acceptors (Lipinski definition) is 7. The molecule has 2 heterocycles. The Balaban J connectivity index is 2.35. The lowest BCUT2D eigenvalue weighted by atomic mass is 10.0. The quantitative estimate of drug-likeness (QED) is 0.233. The molecule has 37 heavy (non-hydrogen) atoms. The molecular weight excluding hydrogens is 488 g/mol. The Hall–Kier alpha value is -3.71. The molecule has 2 fully saturated rings. The molecule has 5 atom stereocenters. The van der Waals surface area contributed by atoms with Crippen molar-refractivity contribution in [3.05, 3.63) is 0 Å². The summed E-state index contributed by atoms with van der Waals surface area (Å²) in [5.41, 5.74) is 0. The Kier molecular flexibility index (Phi) is 10.4. The number of carbonyl (C=O) groups is 7. The second-order valence-electron chi connectivity index (χ2n) is 9.78. The van der Waals surface area contributed by atoms with Crippen molar-refractivity contribution in [2.24, 2.45) is 5.92 Å². The highest BCUT2D eigenvalue weighted by molar-refractivity contribution is 5.98. The van der Waals surface area contributed by atoms with Crippen LogP contribution in [0.1, 0.15) is 53.4 Å². The molecule has 0 aromatic carbocycles. The van der Waals surface area contributed by atoms with E-state index >= 15 is 0 Å². The highest BCUT2D eigenvalue weighted by Crippen LogP contribution is 2.19. The Labute approximate surface area is 214 Å². The topological polar surface area (TPSA) is 203 Å². The van der Waals surface area contributed by atoms with Crippen LogP contribution in [-0.2, 0) is 33.6 Å². The monoisotopic (exact) mass is 524 g/mol. The summed E-state index contributed by atoms with van der Waals surface area (Å²) in [4.78, 5) is 89.3. The van der Waals surface area contributed by atoms with Gasteiger partial charge in [-0.25, -0.2) is 0 Å². The zero-order valence-corrected chi connectivity index (χ0v) is 21.5. The van der Waals surface area contributed by atoms with Gasteiger partial charge in [-0.2, -0.15) is 0 Å². The summed E-state index contributed by atoms with van der Waals surface area (Å²) in [6.07, 6.45) is 0.346. The molecule has 2 aliphatic heterocycles. The van der Waals surface area contributed by atoms with Gasteiger partial charge in [0.15, 0.2) is 0 Å². The van der Waals surface area contributed by atoms with E-state index in [1.165, 1.54) is 18.7 Å². The van der Waals surface area contributed by atoms with E-state index < -0.39 is 84.6 Å².